The van der Waals surface area contributed by atoms with Gasteiger partial charge in [-0.05, 0) is 35.6 Å². The van der Waals surface area contributed by atoms with Crippen molar-refractivity contribution in [3.05, 3.63) is 82.9 Å². The van der Waals surface area contributed by atoms with E-state index in [2.05, 4.69) is 11.4 Å². The number of amides is 1. The summed E-state index contributed by atoms with van der Waals surface area (Å²) in [7, 11) is 0. The van der Waals surface area contributed by atoms with Gasteiger partial charge in [0.15, 0.2) is 0 Å². The lowest BCUT2D eigenvalue weighted by atomic mass is 9.96. The van der Waals surface area contributed by atoms with E-state index in [1.54, 1.807) is 4.90 Å². The zero-order valence-corrected chi connectivity index (χ0v) is 18.9. The fourth-order valence-electron chi connectivity index (χ4n) is 4.57. The van der Waals surface area contributed by atoms with E-state index in [1.807, 2.05) is 42.5 Å². The molecule has 0 unspecified atom stereocenters. The van der Waals surface area contributed by atoms with E-state index < -0.39 is 0 Å². The quantitative estimate of drug-likeness (QED) is 0.514. The van der Waals surface area contributed by atoms with Crippen molar-refractivity contribution in [2.75, 3.05) is 25.1 Å². The monoisotopic (exact) mass is 460 g/mol. The van der Waals surface area contributed by atoms with Crippen LogP contribution in [0.25, 0.3) is 0 Å². The Balaban J connectivity index is 1.39. The molecule has 7 heteroatoms. The summed E-state index contributed by atoms with van der Waals surface area (Å²) in [4.78, 5) is 15.3. The number of rotatable bonds is 6. The molecule has 1 atom stereocenters. The van der Waals surface area contributed by atoms with Crippen LogP contribution in [0.5, 0.6) is 17.2 Å². The first-order chi connectivity index (χ1) is 16.6. The Morgan fingerprint density at radius 3 is 2.76 bits per heavy atom. The van der Waals surface area contributed by atoms with Crippen molar-refractivity contribution in [3.63, 3.8) is 0 Å². The van der Waals surface area contributed by atoms with Gasteiger partial charge in [-0.25, -0.2) is 0 Å². The fourth-order valence-corrected chi connectivity index (χ4v) is 4.57. The molecular formula is C27H28N2O5. The molecule has 0 radical (unpaired) electrons. The number of ether oxygens (including phenoxy) is 2. The van der Waals surface area contributed by atoms with Gasteiger partial charge in [0.05, 0.1) is 12.6 Å². The molecule has 1 fully saturated rings. The van der Waals surface area contributed by atoms with E-state index in [9.17, 15) is 15.0 Å². The number of nitrogens with one attached hydrogen (secondary N) is 1. The van der Waals surface area contributed by atoms with Crippen LogP contribution in [0.2, 0.25) is 0 Å². The molecule has 0 bridgehead atoms. The molecule has 1 saturated heterocycles. The number of hydrogen-bond donors (Lipinski definition) is 3. The molecule has 0 spiro atoms. The second-order valence-electron chi connectivity index (χ2n) is 8.74. The maximum atomic E-state index is 13.6. The molecule has 0 aromatic heterocycles. The minimum Gasteiger partial charge on any atom is -0.508 e. The molecule has 2 heterocycles. The van der Waals surface area contributed by atoms with Crippen LogP contribution >= 0.6 is 0 Å². The summed E-state index contributed by atoms with van der Waals surface area (Å²) >= 11 is 0. The Hall–Kier alpha value is -3.71. The summed E-state index contributed by atoms with van der Waals surface area (Å²) in [5.41, 5.74) is 4.29. The Labute approximate surface area is 198 Å². The Bertz CT molecular complexity index is 1180. The van der Waals surface area contributed by atoms with Gasteiger partial charge in [-0.2, -0.15) is 0 Å². The van der Waals surface area contributed by atoms with E-state index in [0.29, 0.717) is 19.7 Å². The van der Waals surface area contributed by atoms with Crippen LogP contribution in [0.15, 0.2) is 60.7 Å². The molecule has 176 valence electrons. The predicted molar refractivity (Wildman–Crippen MR) is 128 cm³/mol. The molecule has 1 amide bonds. The molecule has 3 aromatic carbocycles. The first kappa shape index (κ1) is 22.1. The third-order valence-electron chi connectivity index (χ3n) is 6.37. The van der Waals surface area contributed by atoms with Crippen LogP contribution in [0.1, 0.15) is 33.5 Å². The van der Waals surface area contributed by atoms with Crippen LogP contribution in [-0.2, 0) is 24.3 Å². The molecule has 2 aliphatic rings. The minimum atomic E-state index is -0.329. The SMILES string of the molecule is O=C(c1c(O)cc(O)cc1OCc1ccccc1)N1CCc2cccc(N[C@H]3CCOC3)c2C1. The molecule has 2 aliphatic heterocycles. The molecule has 3 N–H and O–H groups in total. The van der Waals surface area contributed by atoms with Crippen LogP contribution in [0.3, 0.4) is 0 Å². The number of carbonyl (C=O) groups is 1. The predicted octanol–water partition coefficient (Wildman–Crippen LogP) is 4.08. The van der Waals surface area contributed by atoms with Gasteiger partial charge in [-0.1, -0.05) is 42.5 Å². The van der Waals surface area contributed by atoms with Gasteiger partial charge in [-0.3, -0.25) is 4.79 Å². The number of phenolic OH excluding ortho intramolecular Hbond substituents is 2. The zero-order valence-electron chi connectivity index (χ0n) is 18.9. The lowest BCUT2D eigenvalue weighted by Gasteiger charge is -2.31. The number of carbonyl (C=O) groups excluding carboxylic acids is 1. The molecular weight excluding hydrogens is 432 g/mol. The number of aromatic hydroxyl groups is 2. The molecule has 5 rings (SSSR count). The van der Waals surface area contributed by atoms with E-state index in [1.165, 1.54) is 17.7 Å². The molecule has 7 nitrogen and oxygen atoms in total. The molecule has 34 heavy (non-hydrogen) atoms. The topological polar surface area (TPSA) is 91.3 Å². The number of hydrogen-bond acceptors (Lipinski definition) is 6. The van der Waals surface area contributed by atoms with Crippen LogP contribution in [0, 0.1) is 0 Å². The van der Waals surface area contributed by atoms with Gasteiger partial charge in [0.1, 0.15) is 29.4 Å². The summed E-state index contributed by atoms with van der Waals surface area (Å²) in [5, 5.41) is 24.2. The normalized spacial score (nSPS) is 17.3. The molecule has 0 aliphatic carbocycles. The largest absolute Gasteiger partial charge is 0.508 e. The first-order valence-electron chi connectivity index (χ1n) is 11.6. The maximum absolute atomic E-state index is 13.6. The zero-order chi connectivity index (χ0) is 23.5. The number of anilines is 1. The van der Waals surface area contributed by atoms with Crippen molar-refractivity contribution in [2.45, 2.75) is 32.0 Å². The summed E-state index contributed by atoms with van der Waals surface area (Å²) in [5.74, 6) is -0.628. The number of nitrogens with zero attached hydrogens (tertiary/aromatic N) is 1. The smallest absolute Gasteiger partial charge is 0.261 e. The van der Waals surface area contributed by atoms with E-state index in [0.717, 1.165) is 36.3 Å². The summed E-state index contributed by atoms with van der Waals surface area (Å²) in [6.07, 6.45) is 1.67. The van der Waals surface area contributed by atoms with Crippen LogP contribution in [-0.4, -0.2) is 46.8 Å². The highest BCUT2D eigenvalue weighted by Crippen LogP contribution is 2.36. The van der Waals surface area contributed by atoms with Crippen LogP contribution in [0.4, 0.5) is 5.69 Å². The van der Waals surface area contributed by atoms with Crippen molar-refractivity contribution in [2.24, 2.45) is 0 Å². The second-order valence-corrected chi connectivity index (χ2v) is 8.74. The van der Waals surface area contributed by atoms with Crippen molar-refractivity contribution >= 4 is 11.6 Å². The summed E-state index contributed by atoms with van der Waals surface area (Å²) in [6, 6.07) is 18.5. The van der Waals surface area contributed by atoms with Gasteiger partial charge in [-0.15, -0.1) is 0 Å². The number of benzene rings is 3. The first-order valence-corrected chi connectivity index (χ1v) is 11.6. The number of phenols is 2. The van der Waals surface area contributed by atoms with Gasteiger partial charge in [0.25, 0.3) is 5.91 Å². The highest BCUT2D eigenvalue weighted by atomic mass is 16.5. The third kappa shape index (κ3) is 4.65. The average Bonchev–Trinajstić information content (AvgIpc) is 3.36. The molecule has 3 aromatic rings. The third-order valence-corrected chi connectivity index (χ3v) is 6.37. The molecule has 0 saturated carbocycles. The van der Waals surface area contributed by atoms with Gasteiger partial charge in [0.2, 0.25) is 0 Å². The van der Waals surface area contributed by atoms with Gasteiger partial charge >= 0.3 is 0 Å². The maximum Gasteiger partial charge on any atom is 0.261 e. The van der Waals surface area contributed by atoms with E-state index in [-0.39, 0.29) is 41.4 Å². The van der Waals surface area contributed by atoms with Crippen molar-refractivity contribution in [1.29, 1.82) is 0 Å². The van der Waals surface area contributed by atoms with Crippen LogP contribution < -0.4 is 10.1 Å². The Kier molecular flexibility index (Phi) is 6.27. The van der Waals surface area contributed by atoms with Gasteiger partial charge < -0.3 is 29.9 Å². The van der Waals surface area contributed by atoms with Crippen molar-refractivity contribution in [3.8, 4) is 17.2 Å². The standard InChI is InChI=1S/C27H28N2O5/c30-21-13-24(31)26(25(14-21)34-16-18-5-2-1-3-6-18)27(32)29-11-9-19-7-4-8-23(22(19)15-29)28-20-10-12-33-17-20/h1-8,13-14,20,28,30-31H,9-12,15-17H2/t20-/m0/s1. The Morgan fingerprint density at radius 2 is 1.97 bits per heavy atom. The lowest BCUT2D eigenvalue weighted by molar-refractivity contribution is 0.0726. The van der Waals surface area contributed by atoms with E-state index >= 15 is 0 Å². The lowest BCUT2D eigenvalue weighted by Crippen LogP contribution is -2.37. The fraction of sp³-hybridized carbons (Fsp3) is 0.296. The minimum absolute atomic E-state index is 0.0619. The van der Waals surface area contributed by atoms with Crippen molar-refractivity contribution in [1.82, 2.24) is 4.90 Å². The Morgan fingerprint density at radius 1 is 1.12 bits per heavy atom. The average molecular weight is 461 g/mol. The summed E-state index contributed by atoms with van der Waals surface area (Å²) in [6.45, 7) is 2.59. The van der Waals surface area contributed by atoms with Gasteiger partial charge in [0, 0.05) is 37.5 Å². The second kappa shape index (κ2) is 9.65. The number of fused-ring (bicyclic) bond motifs is 1. The highest BCUT2D eigenvalue weighted by molar-refractivity contribution is 6.00. The van der Waals surface area contributed by atoms with Crippen molar-refractivity contribution < 1.29 is 24.5 Å². The van der Waals surface area contributed by atoms with E-state index in [4.69, 9.17) is 9.47 Å². The summed E-state index contributed by atoms with van der Waals surface area (Å²) < 4.78 is 11.4. The highest BCUT2D eigenvalue weighted by Gasteiger charge is 2.29.